The van der Waals surface area contributed by atoms with Crippen LogP contribution in [-0.2, 0) is 4.79 Å². The minimum atomic E-state index is -0.646. The highest BCUT2D eigenvalue weighted by atomic mass is 19.1. The molecule has 0 aromatic heterocycles. The van der Waals surface area contributed by atoms with E-state index < -0.39 is 11.6 Å². The van der Waals surface area contributed by atoms with Gasteiger partial charge in [-0.25, -0.2) is 8.78 Å². The smallest absolute Gasteiger partial charge is 0.298 e. The maximum absolute atomic E-state index is 13.5. The molecule has 0 aliphatic carbocycles. The summed E-state index contributed by atoms with van der Waals surface area (Å²) >= 11 is 0. The predicted octanol–water partition coefficient (Wildman–Crippen LogP) is 3.41. The molecular weight excluding hydrogens is 226 g/mol. The molecule has 0 aliphatic rings. The quantitative estimate of drug-likeness (QED) is 0.578. The summed E-state index contributed by atoms with van der Waals surface area (Å²) in [5.41, 5.74) is 0.486. The van der Waals surface area contributed by atoms with Crippen molar-refractivity contribution in [1.82, 2.24) is 0 Å². The summed E-state index contributed by atoms with van der Waals surface area (Å²) in [7, 11) is 0. The van der Waals surface area contributed by atoms with Crippen LogP contribution in [0.3, 0.4) is 0 Å². The Morgan fingerprint density at radius 2 is 2.00 bits per heavy atom. The highest BCUT2D eigenvalue weighted by Gasteiger charge is 2.05. The second-order valence-corrected chi connectivity index (χ2v) is 3.16. The minimum Gasteiger partial charge on any atom is -0.429 e. The fourth-order valence-corrected chi connectivity index (χ4v) is 1.17. The van der Waals surface area contributed by atoms with Crippen LogP contribution in [0.2, 0.25) is 0 Å². The van der Waals surface area contributed by atoms with Crippen molar-refractivity contribution in [1.29, 1.82) is 0 Å². The minimum absolute atomic E-state index is 0.0907. The van der Waals surface area contributed by atoms with Gasteiger partial charge in [-0.3, -0.25) is 4.79 Å². The molecule has 0 saturated carbocycles. The van der Waals surface area contributed by atoms with Gasteiger partial charge in [0.05, 0.1) is 0 Å². The molecule has 2 nitrogen and oxygen atoms in total. The number of hydrogen-bond acceptors (Lipinski definition) is 2. The third-order valence-corrected chi connectivity index (χ3v) is 1.94. The highest BCUT2D eigenvalue weighted by molar-refractivity contribution is 5.73. The van der Waals surface area contributed by atoms with Gasteiger partial charge in [-0.1, -0.05) is 19.2 Å². The fraction of sp³-hybridized carbons (Fsp3) is 0. The van der Waals surface area contributed by atoms with Crippen molar-refractivity contribution >= 4 is 12.0 Å². The summed E-state index contributed by atoms with van der Waals surface area (Å²) < 4.78 is 30.4. The summed E-state index contributed by atoms with van der Waals surface area (Å²) in [6, 6.07) is 3.85. The van der Waals surface area contributed by atoms with E-state index in [0.717, 1.165) is 12.1 Å². The van der Waals surface area contributed by atoms with Gasteiger partial charge in [0.25, 0.3) is 6.47 Å². The molecule has 0 saturated heterocycles. The third-order valence-electron chi connectivity index (χ3n) is 1.94. The molecule has 0 atom stereocenters. The van der Waals surface area contributed by atoms with Gasteiger partial charge >= 0.3 is 0 Å². The maximum Gasteiger partial charge on any atom is 0.298 e. The molecule has 17 heavy (non-hydrogen) atoms. The molecular formula is C13H10F2O2. The van der Waals surface area contributed by atoms with Gasteiger partial charge in [-0.15, -0.1) is 0 Å². The second kappa shape index (κ2) is 5.75. The Balaban J connectivity index is 2.95. The predicted molar refractivity (Wildman–Crippen MR) is 61.5 cm³/mol. The molecule has 0 spiro atoms. The van der Waals surface area contributed by atoms with Crippen molar-refractivity contribution in [3.8, 4) is 5.75 Å². The summed E-state index contributed by atoms with van der Waals surface area (Å²) in [6.45, 7) is 6.83. The first-order chi connectivity index (χ1) is 8.04. The average molecular weight is 236 g/mol. The van der Waals surface area contributed by atoms with Crippen LogP contribution < -0.4 is 4.74 Å². The number of benzene rings is 1. The largest absolute Gasteiger partial charge is 0.429 e. The van der Waals surface area contributed by atoms with Gasteiger partial charge < -0.3 is 4.74 Å². The lowest BCUT2D eigenvalue weighted by Gasteiger charge is -2.04. The van der Waals surface area contributed by atoms with Gasteiger partial charge in [-0.05, 0) is 23.8 Å². The number of allylic oxidation sites excluding steroid dienone is 4. The van der Waals surface area contributed by atoms with Gasteiger partial charge in [0.1, 0.15) is 17.4 Å². The molecule has 1 rings (SSSR count). The van der Waals surface area contributed by atoms with Crippen molar-refractivity contribution in [2.24, 2.45) is 0 Å². The van der Waals surface area contributed by atoms with Crippen LogP contribution in [0.5, 0.6) is 5.75 Å². The van der Waals surface area contributed by atoms with E-state index >= 15 is 0 Å². The van der Waals surface area contributed by atoms with E-state index in [2.05, 4.69) is 17.9 Å². The van der Waals surface area contributed by atoms with Crippen molar-refractivity contribution in [3.05, 3.63) is 60.7 Å². The molecule has 0 heterocycles. The number of carbonyl (C=O) groups is 1. The molecule has 0 amide bonds. The maximum atomic E-state index is 13.5. The number of halogens is 2. The average Bonchev–Trinajstić information content (AvgIpc) is 2.26. The number of hydrogen-bond donors (Lipinski definition) is 0. The zero-order valence-electron chi connectivity index (χ0n) is 8.95. The molecule has 0 bridgehead atoms. The molecule has 0 radical (unpaired) electrons. The third kappa shape index (κ3) is 3.68. The van der Waals surface area contributed by atoms with Gasteiger partial charge in [0.2, 0.25) is 0 Å². The van der Waals surface area contributed by atoms with E-state index in [1.807, 2.05) is 0 Å². The Morgan fingerprint density at radius 1 is 1.29 bits per heavy atom. The normalized spacial score (nSPS) is 10.2. The Kier molecular flexibility index (Phi) is 4.34. The lowest BCUT2D eigenvalue weighted by Crippen LogP contribution is -1.92. The lowest BCUT2D eigenvalue weighted by atomic mass is 10.1. The molecule has 0 fully saturated rings. The molecule has 0 unspecified atom stereocenters. The molecule has 0 aliphatic heterocycles. The molecule has 4 heteroatoms. The van der Waals surface area contributed by atoms with Crippen LogP contribution in [0, 0.1) is 5.82 Å². The van der Waals surface area contributed by atoms with Crippen LogP contribution in [0.4, 0.5) is 8.78 Å². The van der Waals surface area contributed by atoms with Crippen molar-refractivity contribution in [3.63, 3.8) is 0 Å². The van der Waals surface area contributed by atoms with Crippen LogP contribution in [-0.4, -0.2) is 6.47 Å². The van der Waals surface area contributed by atoms with Crippen molar-refractivity contribution < 1.29 is 18.3 Å². The number of rotatable bonds is 5. The van der Waals surface area contributed by atoms with E-state index in [1.54, 1.807) is 0 Å². The Morgan fingerprint density at radius 3 is 2.53 bits per heavy atom. The van der Waals surface area contributed by atoms with Crippen LogP contribution in [0.1, 0.15) is 5.56 Å². The highest BCUT2D eigenvalue weighted by Crippen LogP contribution is 2.22. The monoisotopic (exact) mass is 236 g/mol. The van der Waals surface area contributed by atoms with Crippen molar-refractivity contribution in [2.45, 2.75) is 0 Å². The van der Waals surface area contributed by atoms with Gasteiger partial charge in [-0.2, -0.15) is 0 Å². The molecule has 1 aromatic carbocycles. The molecule has 0 N–H and O–H groups in total. The van der Waals surface area contributed by atoms with Crippen LogP contribution in [0.15, 0.2) is 49.3 Å². The van der Waals surface area contributed by atoms with E-state index in [0.29, 0.717) is 5.57 Å². The zero-order valence-corrected chi connectivity index (χ0v) is 8.95. The standard InChI is InChI=1S/C13H10F2O2/c1-9(3-4-10(2)14)12-6-5-11(17-8-16)7-13(12)15/h3-8H,1-2H2/b4-3-. The Bertz CT molecular complexity index is 490. The van der Waals surface area contributed by atoms with E-state index in [1.165, 1.54) is 18.2 Å². The summed E-state index contributed by atoms with van der Waals surface area (Å²) in [6.07, 6.45) is 2.39. The Labute approximate surface area is 97.5 Å². The first-order valence-corrected chi connectivity index (χ1v) is 4.66. The molecule has 88 valence electrons. The first-order valence-electron chi connectivity index (χ1n) is 4.66. The van der Waals surface area contributed by atoms with E-state index in [9.17, 15) is 13.6 Å². The van der Waals surface area contributed by atoms with E-state index in [-0.39, 0.29) is 17.8 Å². The summed E-state index contributed by atoms with van der Waals surface area (Å²) in [5, 5.41) is 0. The number of ether oxygens (including phenoxy) is 1. The van der Waals surface area contributed by atoms with Crippen LogP contribution >= 0.6 is 0 Å². The van der Waals surface area contributed by atoms with Gasteiger partial charge in [0.15, 0.2) is 0 Å². The summed E-state index contributed by atoms with van der Waals surface area (Å²) in [5.74, 6) is -1.16. The van der Waals surface area contributed by atoms with Crippen molar-refractivity contribution in [2.75, 3.05) is 0 Å². The fourth-order valence-electron chi connectivity index (χ4n) is 1.17. The lowest BCUT2D eigenvalue weighted by molar-refractivity contribution is -0.120. The second-order valence-electron chi connectivity index (χ2n) is 3.16. The summed E-state index contributed by atoms with van der Waals surface area (Å²) in [4.78, 5) is 10.1. The SMILES string of the molecule is C=C(F)/C=C\C(=C)c1ccc(OC=O)cc1F. The van der Waals surface area contributed by atoms with Crippen LogP contribution in [0.25, 0.3) is 5.57 Å². The van der Waals surface area contributed by atoms with E-state index in [4.69, 9.17) is 0 Å². The molecule has 1 aromatic rings. The number of carbonyl (C=O) groups excluding carboxylic acids is 1. The first kappa shape index (κ1) is 12.8. The Hall–Kier alpha value is -2.23. The zero-order chi connectivity index (χ0) is 12.8. The topological polar surface area (TPSA) is 26.3 Å². The van der Waals surface area contributed by atoms with Gasteiger partial charge in [0, 0.05) is 11.6 Å².